The molecule has 2 amide bonds. The number of carbonyl (C=O) groups excluding carboxylic acids is 1. The van der Waals surface area contributed by atoms with E-state index in [1.54, 1.807) is 0 Å². The molecule has 0 aliphatic carbocycles. The van der Waals surface area contributed by atoms with Crippen LogP contribution in [0.2, 0.25) is 0 Å². The number of amides is 2. The molecule has 0 saturated heterocycles. The van der Waals surface area contributed by atoms with Gasteiger partial charge in [0.15, 0.2) is 0 Å². The zero-order valence-electron chi connectivity index (χ0n) is 17.9. The van der Waals surface area contributed by atoms with E-state index in [2.05, 4.69) is 48.9 Å². The first-order valence-electron chi connectivity index (χ1n) is 10.3. The van der Waals surface area contributed by atoms with Gasteiger partial charge in [-0.15, -0.1) is 0 Å². The molecule has 1 aromatic rings. The predicted octanol–water partition coefficient (Wildman–Crippen LogP) is 3.94. The molecule has 1 rings (SSSR count). The van der Waals surface area contributed by atoms with E-state index in [0.717, 1.165) is 6.42 Å². The first-order valence-corrected chi connectivity index (χ1v) is 10.3. The van der Waals surface area contributed by atoms with Crippen LogP contribution in [-0.2, 0) is 4.79 Å². The predicted molar refractivity (Wildman–Crippen MR) is 113 cm³/mol. The van der Waals surface area contributed by atoms with Crippen LogP contribution >= 0.6 is 0 Å². The molecule has 0 aliphatic rings. The van der Waals surface area contributed by atoms with Crippen LogP contribution in [0.3, 0.4) is 0 Å². The lowest BCUT2D eigenvalue weighted by atomic mass is 9.82. The van der Waals surface area contributed by atoms with Crippen LogP contribution in [0.4, 0.5) is 4.79 Å². The van der Waals surface area contributed by atoms with Crippen molar-refractivity contribution in [3.63, 3.8) is 0 Å². The Morgan fingerprint density at radius 2 is 1.64 bits per heavy atom. The number of carbonyl (C=O) groups is 2. The highest BCUT2D eigenvalue weighted by molar-refractivity contribution is 5.78. The van der Waals surface area contributed by atoms with Gasteiger partial charge in [-0.1, -0.05) is 58.0 Å². The molecule has 6 heteroatoms. The topological polar surface area (TPSA) is 90.5 Å². The smallest absolute Gasteiger partial charge is 0.314 e. The fourth-order valence-corrected chi connectivity index (χ4v) is 3.38. The summed E-state index contributed by atoms with van der Waals surface area (Å²) in [5, 5.41) is 18.7. The molecular formula is C22H37N3O3. The third-order valence-electron chi connectivity index (χ3n) is 5.44. The Morgan fingerprint density at radius 1 is 1.04 bits per heavy atom. The minimum Gasteiger partial charge on any atom is -0.481 e. The Bertz CT molecular complexity index is 600. The van der Waals surface area contributed by atoms with E-state index in [9.17, 15) is 14.7 Å². The van der Waals surface area contributed by atoms with Gasteiger partial charge in [-0.3, -0.25) is 4.79 Å². The van der Waals surface area contributed by atoms with Crippen LogP contribution in [0.25, 0.3) is 0 Å². The number of hydrogen-bond donors (Lipinski definition) is 4. The first kappa shape index (κ1) is 24.0. The standard InChI is InChI=1S/C22H37N3O3/c1-6-22(7-2,20(26)27)15-24-21(28)23-14-19(13-16(3)4)25-17(5)18-11-9-8-10-12-18/h8-12,16-17,19,25H,6-7,13-15H2,1-5H3,(H,26,27)(H2,23,24,28). The van der Waals surface area contributed by atoms with Gasteiger partial charge in [0, 0.05) is 25.2 Å². The summed E-state index contributed by atoms with van der Waals surface area (Å²) in [5.41, 5.74) is 0.298. The molecule has 0 radical (unpaired) electrons. The number of carboxylic acids is 1. The van der Waals surface area contributed by atoms with Gasteiger partial charge in [0.1, 0.15) is 0 Å². The lowest BCUT2D eigenvalue weighted by Gasteiger charge is -2.28. The van der Waals surface area contributed by atoms with Crippen LogP contribution in [-0.4, -0.2) is 36.2 Å². The maximum Gasteiger partial charge on any atom is 0.314 e. The van der Waals surface area contributed by atoms with Crippen LogP contribution in [0, 0.1) is 11.3 Å². The van der Waals surface area contributed by atoms with Crippen molar-refractivity contribution in [1.29, 1.82) is 0 Å². The van der Waals surface area contributed by atoms with Crippen LogP contribution in [0.1, 0.15) is 65.5 Å². The number of nitrogens with one attached hydrogen (secondary N) is 3. The second kappa shape index (κ2) is 11.7. The number of benzene rings is 1. The van der Waals surface area contributed by atoms with Crippen molar-refractivity contribution < 1.29 is 14.7 Å². The van der Waals surface area contributed by atoms with E-state index >= 15 is 0 Å². The number of hydrogen-bond acceptors (Lipinski definition) is 3. The fraction of sp³-hybridized carbons (Fsp3) is 0.636. The molecule has 0 aliphatic heterocycles. The molecule has 4 N–H and O–H groups in total. The normalized spacial score (nSPS) is 13.8. The monoisotopic (exact) mass is 391 g/mol. The largest absolute Gasteiger partial charge is 0.481 e. The van der Waals surface area contributed by atoms with Gasteiger partial charge in [0.05, 0.1) is 5.41 Å². The molecule has 6 nitrogen and oxygen atoms in total. The Morgan fingerprint density at radius 3 is 2.14 bits per heavy atom. The van der Waals surface area contributed by atoms with E-state index in [0.29, 0.717) is 25.3 Å². The van der Waals surface area contributed by atoms with Crippen molar-refractivity contribution in [2.75, 3.05) is 13.1 Å². The van der Waals surface area contributed by atoms with Crippen molar-refractivity contribution >= 4 is 12.0 Å². The lowest BCUT2D eigenvalue weighted by Crippen LogP contribution is -2.49. The summed E-state index contributed by atoms with van der Waals surface area (Å²) in [5.74, 6) is -0.376. The van der Waals surface area contributed by atoms with Gasteiger partial charge in [0.2, 0.25) is 0 Å². The zero-order chi connectivity index (χ0) is 21.2. The number of carboxylic acid groups (broad SMARTS) is 1. The molecule has 0 spiro atoms. The fourth-order valence-electron chi connectivity index (χ4n) is 3.38. The van der Waals surface area contributed by atoms with E-state index in [4.69, 9.17) is 0 Å². The average molecular weight is 392 g/mol. The second-order valence-corrected chi connectivity index (χ2v) is 7.98. The minimum absolute atomic E-state index is 0.127. The molecule has 0 heterocycles. The summed E-state index contributed by atoms with van der Waals surface area (Å²) in [6.45, 7) is 10.7. The highest BCUT2D eigenvalue weighted by Crippen LogP contribution is 2.25. The number of aliphatic carboxylic acids is 1. The summed E-state index contributed by atoms with van der Waals surface area (Å²) in [6, 6.07) is 10.2. The molecule has 0 fully saturated rings. The van der Waals surface area contributed by atoms with Crippen molar-refractivity contribution in [3.05, 3.63) is 35.9 Å². The van der Waals surface area contributed by atoms with Crippen molar-refractivity contribution in [1.82, 2.24) is 16.0 Å². The van der Waals surface area contributed by atoms with Crippen LogP contribution in [0.5, 0.6) is 0 Å². The molecule has 28 heavy (non-hydrogen) atoms. The molecule has 1 aromatic carbocycles. The number of rotatable bonds is 12. The quantitative estimate of drug-likeness (QED) is 0.434. The van der Waals surface area contributed by atoms with Crippen molar-refractivity contribution in [2.45, 2.75) is 66.0 Å². The van der Waals surface area contributed by atoms with E-state index in [1.807, 2.05) is 32.0 Å². The minimum atomic E-state index is -0.908. The Hall–Kier alpha value is -2.08. The molecule has 0 saturated carbocycles. The molecular weight excluding hydrogens is 354 g/mol. The van der Waals surface area contributed by atoms with Crippen LogP contribution in [0.15, 0.2) is 30.3 Å². The first-order chi connectivity index (χ1) is 13.2. The Kier molecular flexibility index (Phi) is 10.0. The summed E-state index contributed by atoms with van der Waals surface area (Å²) in [7, 11) is 0. The van der Waals surface area contributed by atoms with Crippen molar-refractivity contribution in [3.8, 4) is 0 Å². The van der Waals surface area contributed by atoms with Gasteiger partial charge in [-0.25, -0.2) is 4.79 Å². The second-order valence-electron chi connectivity index (χ2n) is 7.98. The van der Waals surface area contributed by atoms with Gasteiger partial charge in [-0.05, 0) is 37.7 Å². The number of urea groups is 1. The van der Waals surface area contributed by atoms with E-state index in [1.165, 1.54) is 5.56 Å². The third-order valence-corrected chi connectivity index (χ3v) is 5.44. The third kappa shape index (κ3) is 7.50. The zero-order valence-corrected chi connectivity index (χ0v) is 17.9. The van der Waals surface area contributed by atoms with Gasteiger partial charge in [-0.2, -0.15) is 0 Å². The highest BCUT2D eigenvalue weighted by Gasteiger charge is 2.35. The maximum atomic E-state index is 12.2. The maximum absolute atomic E-state index is 12.2. The molecule has 2 unspecified atom stereocenters. The SMILES string of the molecule is CCC(CC)(CNC(=O)NCC(CC(C)C)NC(C)c1ccccc1)C(=O)O. The molecule has 0 aromatic heterocycles. The lowest BCUT2D eigenvalue weighted by molar-refractivity contribution is -0.149. The van der Waals surface area contributed by atoms with E-state index in [-0.39, 0.29) is 24.7 Å². The highest BCUT2D eigenvalue weighted by atomic mass is 16.4. The summed E-state index contributed by atoms with van der Waals surface area (Å²) < 4.78 is 0. The molecule has 2 atom stereocenters. The van der Waals surface area contributed by atoms with Crippen LogP contribution < -0.4 is 16.0 Å². The molecule has 158 valence electrons. The van der Waals surface area contributed by atoms with E-state index < -0.39 is 11.4 Å². The van der Waals surface area contributed by atoms with Gasteiger partial charge < -0.3 is 21.1 Å². The van der Waals surface area contributed by atoms with Gasteiger partial charge in [0.25, 0.3) is 0 Å². The average Bonchev–Trinajstić information content (AvgIpc) is 2.67. The molecule has 0 bridgehead atoms. The Balaban J connectivity index is 2.60. The summed E-state index contributed by atoms with van der Waals surface area (Å²) in [6.07, 6.45) is 1.89. The van der Waals surface area contributed by atoms with Gasteiger partial charge >= 0.3 is 12.0 Å². The Labute approximate surface area is 169 Å². The summed E-state index contributed by atoms with van der Waals surface area (Å²) in [4.78, 5) is 23.8. The summed E-state index contributed by atoms with van der Waals surface area (Å²) >= 11 is 0. The van der Waals surface area contributed by atoms with Crippen molar-refractivity contribution in [2.24, 2.45) is 11.3 Å².